The molecule has 104 valence electrons. The summed E-state index contributed by atoms with van der Waals surface area (Å²) in [4.78, 5) is 4.27. The molecular formula is C13H17NO5. The van der Waals surface area contributed by atoms with Crippen LogP contribution in [-0.4, -0.2) is 46.4 Å². The maximum atomic E-state index is 9.92. The van der Waals surface area contributed by atoms with Gasteiger partial charge in [0.2, 0.25) is 5.79 Å². The monoisotopic (exact) mass is 267 g/mol. The first kappa shape index (κ1) is 13.0. The number of pyridine rings is 1. The van der Waals surface area contributed by atoms with E-state index in [1.807, 2.05) is 25.1 Å². The first-order valence-corrected chi connectivity index (χ1v) is 6.41. The molecule has 2 aliphatic rings. The third kappa shape index (κ3) is 2.05. The van der Waals surface area contributed by atoms with Crippen LogP contribution < -0.4 is 0 Å². The van der Waals surface area contributed by atoms with Crippen LogP contribution in [0.1, 0.15) is 19.0 Å². The van der Waals surface area contributed by atoms with Crippen LogP contribution in [0.5, 0.6) is 0 Å². The predicted molar refractivity (Wildman–Crippen MR) is 63.9 cm³/mol. The minimum atomic E-state index is -1.23. The second-order valence-electron chi connectivity index (χ2n) is 4.77. The molecule has 2 saturated heterocycles. The molecule has 5 atom stereocenters. The van der Waals surface area contributed by atoms with E-state index in [0.717, 1.165) is 0 Å². The number of aromatic nitrogens is 1. The van der Waals surface area contributed by atoms with E-state index in [4.69, 9.17) is 14.2 Å². The van der Waals surface area contributed by atoms with Gasteiger partial charge in [-0.05, 0) is 12.1 Å². The lowest BCUT2D eigenvalue weighted by Crippen LogP contribution is -2.51. The third-order valence-electron chi connectivity index (χ3n) is 3.62. The van der Waals surface area contributed by atoms with Crippen LogP contribution in [0, 0.1) is 0 Å². The summed E-state index contributed by atoms with van der Waals surface area (Å²) in [5.74, 6) is -0.981. The Kier molecular flexibility index (Phi) is 3.28. The predicted octanol–water partition coefficient (Wildman–Crippen LogP) is 0.138. The zero-order valence-corrected chi connectivity index (χ0v) is 10.6. The summed E-state index contributed by atoms with van der Waals surface area (Å²) in [6.45, 7) is 2.12. The van der Waals surface area contributed by atoms with Gasteiger partial charge in [0, 0.05) is 12.6 Å². The molecule has 5 unspecified atom stereocenters. The summed E-state index contributed by atoms with van der Waals surface area (Å²) in [6.07, 6.45) is -1.13. The molecule has 1 aromatic rings. The zero-order chi connectivity index (χ0) is 13.5. The average molecular weight is 267 g/mol. The summed E-state index contributed by atoms with van der Waals surface area (Å²) in [5.41, 5.74) is 0.661. The van der Waals surface area contributed by atoms with Gasteiger partial charge in [-0.1, -0.05) is 13.0 Å². The highest BCUT2D eigenvalue weighted by atomic mass is 16.8. The molecule has 0 amide bonds. The Morgan fingerprint density at radius 2 is 2.21 bits per heavy atom. The first-order chi connectivity index (χ1) is 9.16. The topological polar surface area (TPSA) is 81.0 Å². The van der Waals surface area contributed by atoms with Crippen LogP contribution in [-0.2, 0) is 20.0 Å². The van der Waals surface area contributed by atoms with E-state index >= 15 is 0 Å². The van der Waals surface area contributed by atoms with E-state index in [1.54, 1.807) is 6.20 Å². The normalized spacial score (nSPS) is 42.1. The number of hydrogen-bond acceptors (Lipinski definition) is 6. The van der Waals surface area contributed by atoms with Crippen molar-refractivity contribution >= 4 is 0 Å². The molecule has 0 spiro atoms. The van der Waals surface area contributed by atoms with Crippen molar-refractivity contribution in [2.45, 2.75) is 43.7 Å². The van der Waals surface area contributed by atoms with Crippen LogP contribution in [0.4, 0.5) is 0 Å². The van der Waals surface area contributed by atoms with Crippen molar-refractivity contribution in [2.75, 3.05) is 6.61 Å². The average Bonchev–Trinajstić information content (AvgIpc) is 2.85. The highest BCUT2D eigenvalue weighted by molar-refractivity contribution is 5.13. The van der Waals surface area contributed by atoms with Gasteiger partial charge in [0.15, 0.2) is 6.29 Å². The maximum absolute atomic E-state index is 9.92. The lowest BCUT2D eigenvalue weighted by Gasteiger charge is -2.31. The second-order valence-corrected chi connectivity index (χ2v) is 4.77. The van der Waals surface area contributed by atoms with E-state index in [0.29, 0.717) is 12.1 Å². The number of aliphatic hydroxyl groups excluding tert-OH is 2. The summed E-state index contributed by atoms with van der Waals surface area (Å²) >= 11 is 0. The maximum Gasteiger partial charge on any atom is 0.212 e. The van der Waals surface area contributed by atoms with Gasteiger partial charge in [0.25, 0.3) is 0 Å². The molecule has 2 N–H and O–H groups in total. The van der Waals surface area contributed by atoms with Gasteiger partial charge in [0.05, 0.1) is 12.3 Å². The Bertz CT molecular complexity index is 442. The Balaban J connectivity index is 1.90. The van der Waals surface area contributed by atoms with E-state index in [9.17, 15) is 10.2 Å². The standard InChI is InChI=1S/C13H17NO5/c1-2-13(9-5-3-4-6-14-9)18-8-7-17-12(16)10(15)11(8)19-13/h3-6,8,10-12,15-16H,2,7H2,1H3. The molecule has 0 radical (unpaired) electrons. The van der Waals surface area contributed by atoms with Gasteiger partial charge in [0.1, 0.15) is 18.3 Å². The summed E-state index contributed by atoms with van der Waals surface area (Å²) < 4.78 is 16.9. The molecule has 0 saturated carbocycles. The number of nitrogens with zero attached hydrogens (tertiary/aromatic N) is 1. The van der Waals surface area contributed by atoms with Gasteiger partial charge >= 0.3 is 0 Å². The van der Waals surface area contributed by atoms with Crippen molar-refractivity contribution in [1.29, 1.82) is 0 Å². The van der Waals surface area contributed by atoms with E-state index in [2.05, 4.69) is 4.98 Å². The Morgan fingerprint density at radius 1 is 1.37 bits per heavy atom. The second kappa shape index (κ2) is 4.81. The van der Waals surface area contributed by atoms with Gasteiger partial charge in [-0.2, -0.15) is 0 Å². The molecule has 6 heteroatoms. The Labute approximate surface area is 110 Å². The fourth-order valence-electron chi connectivity index (χ4n) is 2.56. The van der Waals surface area contributed by atoms with Crippen LogP contribution in [0.15, 0.2) is 24.4 Å². The molecule has 1 aromatic heterocycles. The zero-order valence-electron chi connectivity index (χ0n) is 10.6. The van der Waals surface area contributed by atoms with Crippen molar-refractivity contribution < 1.29 is 24.4 Å². The molecule has 3 heterocycles. The number of fused-ring (bicyclic) bond motifs is 1. The molecule has 0 aliphatic carbocycles. The quantitative estimate of drug-likeness (QED) is 0.793. The van der Waals surface area contributed by atoms with Crippen molar-refractivity contribution in [3.8, 4) is 0 Å². The number of rotatable bonds is 2. The molecule has 2 aliphatic heterocycles. The first-order valence-electron chi connectivity index (χ1n) is 6.41. The number of ether oxygens (including phenoxy) is 3. The largest absolute Gasteiger partial charge is 0.385 e. The number of aliphatic hydroxyl groups is 2. The van der Waals surface area contributed by atoms with Crippen molar-refractivity contribution in [1.82, 2.24) is 4.98 Å². The minimum Gasteiger partial charge on any atom is -0.385 e. The molecule has 6 nitrogen and oxygen atoms in total. The molecule has 2 fully saturated rings. The molecule has 19 heavy (non-hydrogen) atoms. The van der Waals surface area contributed by atoms with Crippen LogP contribution >= 0.6 is 0 Å². The fraction of sp³-hybridized carbons (Fsp3) is 0.615. The lowest BCUT2D eigenvalue weighted by molar-refractivity contribution is -0.231. The van der Waals surface area contributed by atoms with E-state index in [1.165, 1.54) is 0 Å². The van der Waals surface area contributed by atoms with Gasteiger partial charge in [-0.3, -0.25) is 4.98 Å². The van der Waals surface area contributed by atoms with Crippen LogP contribution in [0.25, 0.3) is 0 Å². The van der Waals surface area contributed by atoms with Crippen LogP contribution in [0.2, 0.25) is 0 Å². The highest BCUT2D eigenvalue weighted by Gasteiger charge is 2.54. The Hall–Kier alpha value is -1.05. The van der Waals surface area contributed by atoms with Gasteiger partial charge in [-0.25, -0.2) is 0 Å². The lowest BCUT2D eigenvalue weighted by atomic mass is 10.1. The van der Waals surface area contributed by atoms with Crippen molar-refractivity contribution in [3.63, 3.8) is 0 Å². The smallest absolute Gasteiger partial charge is 0.212 e. The minimum absolute atomic E-state index is 0.192. The highest BCUT2D eigenvalue weighted by Crippen LogP contribution is 2.42. The van der Waals surface area contributed by atoms with Crippen molar-refractivity contribution in [2.24, 2.45) is 0 Å². The third-order valence-corrected chi connectivity index (χ3v) is 3.62. The fourth-order valence-corrected chi connectivity index (χ4v) is 2.56. The summed E-state index contributed by atoms with van der Waals surface area (Å²) in [5, 5.41) is 19.4. The van der Waals surface area contributed by atoms with Crippen molar-refractivity contribution in [3.05, 3.63) is 30.1 Å². The van der Waals surface area contributed by atoms with Crippen LogP contribution in [0.3, 0.4) is 0 Å². The SMILES string of the molecule is CCC1(c2ccccn2)OC2COC(O)C(O)C2O1. The van der Waals surface area contributed by atoms with E-state index in [-0.39, 0.29) is 6.61 Å². The van der Waals surface area contributed by atoms with Gasteiger partial charge < -0.3 is 24.4 Å². The summed E-state index contributed by atoms with van der Waals surface area (Å²) in [6, 6.07) is 5.50. The van der Waals surface area contributed by atoms with Gasteiger partial charge in [-0.15, -0.1) is 0 Å². The van der Waals surface area contributed by atoms with E-state index < -0.39 is 30.4 Å². The number of hydrogen-bond donors (Lipinski definition) is 2. The molecular weight excluding hydrogens is 250 g/mol. The summed E-state index contributed by atoms with van der Waals surface area (Å²) in [7, 11) is 0. The molecule has 3 rings (SSSR count). The molecule has 0 bridgehead atoms. The Morgan fingerprint density at radius 3 is 2.89 bits per heavy atom. The molecule has 0 aromatic carbocycles.